The quantitative estimate of drug-likeness (QED) is 0.701. The fraction of sp³-hybridized carbons (Fsp3) is 0.500. The molecule has 0 unspecified atom stereocenters. The van der Waals surface area contributed by atoms with E-state index in [1.54, 1.807) is 6.20 Å². The van der Waals surface area contributed by atoms with Gasteiger partial charge in [0.15, 0.2) is 0 Å². The summed E-state index contributed by atoms with van der Waals surface area (Å²) in [7, 11) is 1.54. The van der Waals surface area contributed by atoms with Gasteiger partial charge in [0.25, 0.3) is 0 Å². The van der Waals surface area contributed by atoms with E-state index in [2.05, 4.69) is 10.3 Å². The second kappa shape index (κ2) is 4.64. The van der Waals surface area contributed by atoms with E-state index < -0.39 is 9.05 Å². The van der Waals surface area contributed by atoms with E-state index in [1.807, 2.05) is 0 Å². The largest absolute Gasteiger partial charge is 0.252 e. The molecule has 0 atom stereocenters. The zero-order chi connectivity index (χ0) is 8.32. The molecule has 8 heteroatoms. The average molecular weight is 232 g/mol. The molecule has 0 aliphatic carbocycles. The van der Waals surface area contributed by atoms with Crippen LogP contribution >= 0.6 is 23.1 Å². The van der Waals surface area contributed by atoms with Crippen molar-refractivity contribution in [3.63, 3.8) is 0 Å². The van der Waals surface area contributed by atoms with Crippen LogP contribution < -0.4 is 0 Å². The van der Waals surface area contributed by atoms with Gasteiger partial charge < -0.3 is 0 Å². The molecule has 5 nitrogen and oxygen atoms in total. The lowest BCUT2D eigenvalue weighted by Gasteiger charge is -1.94. The maximum atomic E-state index is 10.4. The first-order valence-electron chi connectivity index (χ1n) is 2.84. The van der Waals surface area contributed by atoms with Crippen molar-refractivity contribution in [1.82, 2.24) is 15.0 Å². The highest BCUT2D eigenvalue weighted by molar-refractivity contribution is 8.13. The van der Waals surface area contributed by atoms with Crippen LogP contribution in [0.2, 0.25) is 0 Å². The Labute approximate surface area is 80.5 Å². The number of hydrogen-bond donors (Lipinski definition) is 0. The van der Waals surface area contributed by atoms with Crippen molar-refractivity contribution >= 4 is 32.1 Å². The lowest BCUT2D eigenvalue weighted by molar-refractivity contribution is 0.586. The molecule has 1 aromatic rings. The third-order valence-corrected chi connectivity index (χ3v) is 2.17. The summed E-state index contributed by atoms with van der Waals surface area (Å²) in [5.41, 5.74) is 0. The molecule has 12 heavy (non-hydrogen) atoms. The molecule has 0 radical (unpaired) electrons. The second-order valence-electron chi connectivity index (χ2n) is 1.91. The van der Waals surface area contributed by atoms with Crippen molar-refractivity contribution in [3.8, 4) is 0 Å². The minimum absolute atomic E-state index is 0. The first-order chi connectivity index (χ1) is 5.08. The van der Waals surface area contributed by atoms with Gasteiger partial charge in [-0.1, -0.05) is 5.21 Å². The summed E-state index contributed by atoms with van der Waals surface area (Å²) < 4.78 is 22.3. The van der Waals surface area contributed by atoms with E-state index in [0.717, 1.165) is 0 Å². The molecule has 0 N–H and O–H groups in total. The van der Waals surface area contributed by atoms with E-state index in [9.17, 15) is 8.42 Å². The topological polar surface area (TPSA) is 64.8 Å². The Morgan fingerprint density at radius 3 is 2.58 bits per heavy atom. The average Bonchev–Trinajstić information content (AvgIpc) is 2.32. The van der Waals surface area contributed by atoms with Crippen LogP contribution in [0.4, 0.5) is 0 Å². The Balaban J connectivity index is 0.00000121. The molecule has 0 fully saturated rings. The summed E-state index contributed by atoms with van der Waals surface area (Å²) in [6, 6.07) is 0. The standard InChI is InChI=1S/C4H6ClN3O2S.ClH/c5-11(9,10)4-3-8-2-1-6-7-8;/h1-2H,3-4H2;1H. The van der Waals surface area contributed by atoms with Crippen molar-refractivity contribution in [1.29, 1.82) is 0 Å². The SMILES string of the molecule is Cl.O=S(=O)(Cl)CCn1ccnn1. The van der Waals surface area contributed by atoms with Crippen LogP contribution in [0.5, 0.6) is 0 Å². The summed E-state index contributed by atoms with van der Waals surface area (Å²) in [6.07, 6.45) is 3.04. The third-order valence-electron chi connectivity index (χ3n) is 1.04. The molecule has 0 saturated heterocycles. The minimum Gasteiger partial charge on any atom is -0.252 e. The highest BCUT2D eigenvalue weighted by Gasteiger charge is 2.04. The molecular weight excluding hydrogens is 225 g/mol. The van der Waals surface area contributed by atoms with Crippen LogP contribution in [-0.2, 0) is 15.6 Å². The van der Waals surface area contributed by atoms with Crippen LogP contribution in [0, 0.1) is 0 Å². The van der Waals surface area contributed by atoms with Gasteiger partial charge in [0, 0.05) is 16.9 Å². The van der Waals surface area contributed by atoms with E-state index in [4.69, 9.17) is 10.7 Å². The lowest BCUT2D eigenvalue weighted by atomic mass is 10.7. The van der Waals surface area contributed by atoms with Gasteiger partial charge in [0.2, 0.25) is 9.05 Å². The molecule has 70 valence electrons. The van der Waals surface area contributed by atoms with E-state index in [-0.39, 0.29) is 24.7 Å². The molecule has 0 amide bonds. The predicted octanol–water partition coefficient (Wildman–Crippen LogP) is 0.269. The van der Waals surface area contributed by atoms with Gasteiger partial charge in [-0.25, -0.2) is 8.42 Å². The number of halogens is 2. The minimum atomic E-state index is -3.42. The molecule has 0 spiro atoms. The number of nitrogens with zero attached hydrogens (tertiary/aromatic N) is 3. The van der Waals surface area contributed by atoms with Gasteiger partial charge in [-0.15, -0.1) is 17.5 Å². The van der Waals surface area contributed by atoms with Crippen molar-refractivity contribution in [2.75, 3.05) is 5.75 Å². The zero-order valence-corrected chi connectivity index (χ0v) is 8.31. The molecule has 1 rings (SSSR count). The van der Waals surface area contributed by atoms with Crippen molar-refractivity contribution in [3.05, 3.63) is 12.4 Å². The molecule has 0 saturated carbocycles. The maximum absolute atomic E-state index is 10.4. The van der Waals surface area contributed by atoms with Gasteiger partial charge in [-0.3, -0.25) is 4.68 Å². The summed E-state index contributed by atoms with van der Waals surface area (Å²) in [5, 5.41) is 7.06. The fourth-order valence-corrected chi connectivity index (χ4v) is 1.17. The highest BCUT2D eigenvalue weighted by atomic mass is 35.7. The normalized spacial score (nSPS) is 10.8. The van der Waals surface area contributed by atoms with Gasteiger partial charge in [-0.2, -0.15) is 0 Å². The number of rotatable bonds is 3. The summed E-state index contributed by atoms with van der Waals surface area (Å²) in [6.45, 7) is 0.242. The number of aromatic nitrogens is 3. The zero-order valence-electron chi connectivity index (χ0n) is 5.92. The van der Waals surface area contributed by atoms with Crippen LogP contribution in [0.3, 0.4) is 0 Å². The van der Waals surface area contributed by atoms with Gasteiger partial charge in [0.05, 0.1) is 18.5 Å². The van der Waals surface area contributed by atoms with Crippen LogP contribution in [0.15, 0.2) is 12.4 Å². The van der Waals surface area contributed by atoms with Crippen molar-refractivity contribution in [2.24, 2.45) is 0 Å². The maximum Gasteiger partial charge on any atom is 0.234 e. The van der Waals surface area contributed by atoms with Crippen LogP contribution in [0.1, 0.15) is 0 Å². The Morgan fingerprint density at radius 2 is 2.17 bits per heavy atom. The summed E-state index contributed by atoms with van der Waals surface area (Å²) in [5.74, 6) is -0.127. The fourth-order valence-electron chi connectivity index (χ4n) is 0.555. The highest BCUT2D eigenvalue weighted by Crippen LogP contribution is 1.96. The molecule has 0 aliphatic rings. The first-order valence-corrected chi connectivity index (χ1v) is 5.32. The third kappa shape index (κ3) is 4.53. The van der Waals surface area contributed by atoms with E-state index >= 15 is 0 Å². The van der Waals surface area contributed by atoms with Crippen molar-refractivity contribution < 1.29 is 8.42 Å². The molecular formula is C4H7Cl2N3O2S. The molecule has 1 heterocycles. The van der Waals surface area contributed by atoms with E-state index in [0.29, 0.717) is 0 Å². The molecule has 0 aromatic carbocycles. The van der Waals surface area contributed by atoms with Crippen LogP contribution in [0.25, 0.3) is 0 Å². The lowest BCUT2D eigenvalue weighted by Crippen LogP contribution is -2.08. The Morgan fingerprint density at radius 1 is 1.50 bits per heavy atom. The van der Waals surface area contributed by atoms with Gasteiger partial charge in [-0.05, 0) is 0 Å². The van der Waals surface area contributed by atoms with Gasteiger partial charge in [0.1, 0.15) is 0 Å². The Kier molecular flexibility index (Phi) is 4.51. The monoisotopic (exact) mass is 231 g/mol. The first kappa shape index (κ1) is 11.7. The summed E-state index contributed by atoms with van der Waals surface area (Å²) >= 11 is 0. The number of aryl methyl sites for hydroxylation is 1. The Bertz CT molecular complexity index is 309. The number of hydrogen-bond acceptors (Lipinski definition) is 4. The van der Waals surface area contributed by atoms with Gasteiger partial charge >= 0.3 is 0 Å². The second-order valence-corrected chi connectivity index (χ2v) is 4.81. The summed E-state index contributed by atoms with van der Waals surface area (Å²) in [4.78, 5) is 0. The van der Waals surface area contributed by atoms with Crippen molar-refractivity contribution in [2.45, 2.75) is 6.54 Å². The molecule has 1 aromatic heterocycles. The predicted molar refractivity (Wildman–Crippen MR) is 46.9 cm³/mol. The molecule has 0 aliphatic heterocycles. The van der Waals surface area contributed by atoms with Crippen LogP contribution in [-0.4, -0.2) is 29.2 Å². The molecule has 0 bridgehead atoms. The van der Waals surface area contributed by atoms with E-state index in [1.165, 1.54) is 10.9 Å². The Hall–Kier alpha value is -0.330. The smallest absolute Gasteiger partial charge is 0.234 e.